The number of nitriles is 2. The highest BCUT2D eigenvalue weighted by molar-refractivity contribution is 7.20. The molecule has 0 spiro atoms. The topological polar surface area (TPSA) is 72.3 Å². The lowest BCUT2D eigenvalue weighted by atomic mass is 10.1. The molecule has 0 fully saturated rings. The van der Waals surface area contributed by atoms with Crippen LogP contribution in [-0.2, 0) is 12.8 Å². The van der Waals surface area contributed by atoms with Crippen LogP contribution in [0.5, 0.6) is 0 Å². The molecule has 0 aliphatic heterocycles. The standard InChI is InChI=1S/C30H30N4S2/c1-3-5-7-9-11-19-13-25-27(33-17-31)21-15-22-24(16-23(21)29(25)35-19)30-26(28(22)34-18-32)14-20(36-30)12-10-8-6-4-2/h13-16H,3-12H2,1-2H3. The minimum atomic E-state index is 0.754. The summed E-state index contributed by atoms with van der Waals surface area (Å²) in [4.78, 5) is 11.2. The monoisotopic (exact) mass is 510 g/mol. The van der Waals surface area contributed by atoms with Gasteiger partial charge in [-0.3, -0.25) is 0 Å². The van der Waals surface area contributed by atoms with Gasteiger partial charge in [0.15, 0.2) is 0 Å². The number of aryl methyl sites for hydroxylation is 2. The summed E-state index contributed by atoms with van der Waals surface area (Å²) in [5.74, 6) is 0. The van der Waals surface area contributed by atoms with Crippen LogP contribution >= 0.6 is 22.7 Å². The van der Waals surface area contributed by atoms with Crippen molar-refractivity contribution < 1.29 is 0 Å². The average molecular weight is 511 g/mol. The molecule has 2 aromatic heterocycles. The lowest BCUT2D eigenvalue weighted by molar-refractivity contribution is 0.670. The zero-order valence-corrected chi connectivity index (χ0v) is 22.6. The van der Waals surface area contributed by atoms with Gasteiger partial charge in [-0.2, -0.15) is 20.5 Å². The van der Waals surface area contributed by atoms with E-state index in [0.29, 0.717) is 0 Å². The van der Waals surface area contributed by atoms with Crippen LogP contribution in [0, 0.1) is 22.9 Å². The van der Waals surface area contributed by atoms with E-state index < -0.39 is 0 Å². The molecule has 2 heterocycles. The molecule has 36 heavy (non-hydrogen) atoms. The van der Waals surface area contributed by atoms with E-state index in [-0.39, 0.29) is 0 Å². The van der Waals surface area contributed by atoms with Crippen LogP contribution in [0.4, 0.5) is 0 Å². The third-order valence-electron chi connectivity index (χ3n) is 7.11. The van der Waals surface area contributed by atoms with Crippen molar-refractivity contribution in [1.29, 1.82) is 10.5 Å². The number of nitrogens with zero attached hydrogens (tertiary/aromatic N) is 4. The van der Waals surface area contributed by atoms with Gasteiger partial charge in [0.1, 0.15) is 0 Å². The van der Waals surface area contributed by atoms with Crippen molar-refractivity contribution in [3.8, 4) is 12.4 Å². The first kappa shape index (κ1) is 24.6. The predicted molar refractivity (Wildman–Crippen MR) is 153 cm³/mol. The van der Waals surface area contributed by atoms with Gasteiger partial charge in [0.25, 0.3) is 0 Å². The SMILES string of the molecule is CCCCCCc1cc2c(=NC#N)c3cc4c(=NC#N)c5cc(CCCCCC)sc5c4cc3c2s1. The number of fused-ring (bicyclic) bond motifs is 6. The number of hydrogen-bond donors (Lipinski definition) is 0. The highest BCUT2D eigenvalue weighted by atomic mass is 32.1. The summed E-state index contributed by atoms with van der Waals surface area (Å²) in [5.41, 5.74) is 0. The second-order valence-electron chi connectivity index (χ2n) is 9.60. The van der Waals surface area contributed by atoms with Gasteiger partial charge in [0, 0.05) is 51.5 Å². The Labute approximate surface area is 219 Å². The molecule has 4 nitrogen and oxygen atoms in total. The zero-order chi connectivity index (χ0) is 25.1. The summed E-state index contributed by atoms with van der Waals surface area (Å²) in [6.45, 7) is 4.47. The van der Waals surface area contributed by atoms with E-state index >= 15 is 0 Å². The molecule has 0 bridgehead atoms. The van der Waals surface area contributed by atoms with Crippen molar-refractivity contribution in [3.63, 3.8) is 0 Å². The molecular formula is C30H30N4S2. The largest absolute Gasteiger partial charge is 0.206 e. The van der Waals surface area contributed by atoms with Crippen molar-refractivity contribution in [2.24, 2.45) is 9.98 Å². The van der Waals surface area contributed by atoms with E-state index in [4.69, 9.17) is 0 Å². The smallest absolute Gasteiger partial charge is 0.172 e. The molecule has 3 aromatic carbocycles. The molecule has 0 radical (unpaired) electrons. The third kappa shape index (κ3) is 4.45. The second-order valence-corrected chi connectivity index (χ2v) is 11.9. The summed E-state index contributed by atoms with van der Waals surface area (Å²) >= 11 is 3.68. The fraction of sp³-hybridized carbons (Fsp3) is 0.400. The van der Waals surface area contributed by atoms with E-state index in [2.05, 4.69) is 48.1 Å². The van der Waals surface area contributed by atoms with Gasteiger partial charge in [0.05, 0.1) is 10.7 Å². The maximum atomic E-state index is 9.46. The first-order valence-electron chi connectivity index (χ1n) is 13.1. The van der Waals surface area contributed by atoms with Gasteiger partial charge in [-0.25, -0.2) is 0 Å². The Morgan fingerprint density at radius 2 is 1.03 bits per heavy atom. The van der Waals surface area contributed by atoms with E-state index in [9.17, 15) is 10.5 Å². The first-order chi connectivity index (χ1) is 17.7. The number of rotatable bonds is 10. The summed E-state index contributed by atoms with van der Waals surface area (Å²) in [6, 6.07) is 8.85. The van der Waals surface area contributed by atoms with Crippen LogP contribution in [0.15, 0.2) is 34.3 Å². The second kappa shape index (κ2) is 10.9. The molecule has 5 aromatic rings. The van der Waals surface area contributed by atoms with Crippen molar-refractivity contribution >= 4 is 64.4 Å². The van der Waals surface area contributed by atoms with Crippen LogP contribution in [0.2, 0.25) is 0 Å². The molecule has 0 amide bonds. The molecule has 0 N–H and O–H groups in total. The molecule has 0 aliphatic carbocycles. The average Bonchev–Trinajstić information content (AvgIpc) is 3.61. The molecular weight excluding hydrogens is 480 g/mol. The Hall–Kier alpha value is -3.06. The molecule has 182 valence electrons. The maximum absolute atomic E-state index is 9.46. The highest BCUT2D eigenvalue weighted by Gasteiger charge is 2.18. The van der Waals surface area contributed by atoms with E-state index in [1.54, 1.807) is 0 Å². The number of unbranched alkanes of at least 4 members (excludes halogenated alkanes) is 6. The lowest BCUT2D eigenvalue weighted by Gasteiger charge is -1.98. The minimum Gasteiger partial charge on any atom is -0.172 e. The fourth-order valence-corrected chi connectivity index (χ4v) is 7.79. The van der Waals surface area contributed by atoms with Gasteiger partial charge in [-0.1, -0.05) is 52.4 Å². The van der Waals surface area contributed by atoms with Crippen LogP contribution in [0.25, 0.3) is 41.7 Å². The number of benzene rings is 1. The Morgan fingerprint density at radius 3 is 1.44 bits per heavy atom. The summed E-state index contributed by atoms with van der Waals surface area (Å²) in [6.07, 6.45) is 16.1. The van der Waals surface area contributed by atoms with Crippen molar-refractivity contribution in [2.45, 2.75) is 78.1 Å². The molecule has 0 aliphatic rings. The molecule has 5 rings (SSSR count). The molecule has 0 saturated carbocycles. The maximum Gasteiger partial charge on any atom is 0.206 e. The van der Waals surface area contributed by atoms with Gasteiger partial charge >= 0.3 is 0 Å². The van der Waals surface area contributed by atoms with Gasteiger partial charge in [-0.15, -0.1) is 22.7 Å². The van der Waals surface area contributed by atoms with E-state index in [1.165, 1.54) is 70.5 Å². The Morgan fingerprint density at radius 1 is 0.583 bits per heavy atom. The summed E-state index contributed by atoms with van der Waals surface area (Å²) in [7, 11) is 0. The van der Waals surface area contributed by atoms with Gasteiger partial charge in [-0.05, 0) is 49.9 Å². The van der Waals surface area contributed by atoms with Crippen molar-refractivity contribution in [1.82, 2.24) is 0 Å². The predicted octanol–water partition coefficient (Wildman–Crippen LogP) is 8.31. The fourth-order valence-electron chi connectivity index (χ4n) is 5.33. The molecule has 0 unspecified atom stereocenters. The van der Waals surface area contributed by atoms with Crippen LogP contribution < -0.4 is 10.7 Å². The van der Waals surface area contributed by atoms with Crippen molar-refractivity contribution in [3.05, 3.63) is 44.7 Å². The Balaban J connectivity index is 1.68. The highest BCUT2D eigenvalue weighted by Crippen LogP contribution is 2.39. The summed E-state index contributed by atoms with van der Waals surface area (Å²) in [5, 5.41) is 26.9. The van der Waals surface area contributed by atoms with Gasteiger partial charge < -0.3 is 0 Å². The minimum absolute atomic E-state index is 0.754. The van der Waals surface area contributed by atoms with Crippen LogP contribution in [0.3, 0.4) is 0 Å². The normalized spacial score (nSPS) is 13.0. The molecule has 0 atom stereocenters. The number of hydrogen-bond acceptors (Lipinski definition) is 6. The summed E-state index contributed by atoms with van der Waals surface area (Å²) < 4.78 is 2.44. The first-order valence-corrected chi connectivity index (χ1v) is 14.7. The van der Waals surface area contributed by atoms with Crippen molar-refractivity contribution in [2.75, 3.05) is 0 Å². The third-order valence-corrected chi connectivity index (χ3v) is 9.57. The number of thiophene rings is 2. The van der Waals surface area contributed by atoms with E-state index in [0.717, 1.165) is 55.9 Å². The Kier molecular flexibility index (Phi) is 7.46. The van der Waals surface area contributed by atoms with Gasteiger partial charge in [0.2, 0.25) is 12.4 Å². The molecule has 0 saturated heterocycles. The van der Waals surface area contributed by atoms with Crippen LogP contribution in [0.1, 0.15) is 75.0 Å². The Bertz CT molecular complexity index is 1620. The lowest BCUT2D eigenvalue weighted by Crippen LogP contribution is -2.00. The molecule has 6 heteroatoms. The zero-order valence-electron chi connectivity index (χ0n) is 21.0. The quantitative estimate of drug-likeness (QED) is 0.140. The van der Waals surface area contributed by atoms with E-state index in [1.807, 2.05) is 35.1 Å². The van der Waals surface area contributed by atoms with Crippen LogP contribution in [-0.4, -0.2) is 0 Å².